The highest BCUT2D eigenvalue weighted by Crippen LogP contribution is 2.34. The van der Waals surface area contributed by atoms with E-state index in [2.05, 4.69) is 16.0 Å². The molecule has 0 bridgehead atoms. The zero-order valence-corrected chi connectivity index (χ0v) is 20.7. The summed E-state index contributed by atoms with van der Waals surface area (Å²) in [6.45, 7) is 0. The van der Waals surface area contributed by atoms with Gasteiger partial charge in [0.1, 0.15) is 6.04 Å². The Morgan fingerprint density at radius 2 is 1.51 bits per heavy atom. The van der Waals surface area contributed by atoms with Crippen molar-refractivity contribution >= 4 is 44.8 Å². The molecule has 3 amide bonds. The van der Waals surface area contributed by atoms with E-state index in [-0.39, 0.29) is 10.8 Å². The van der Waals surface area contributed by atoms with Crippen molar-refractivity contribution in [3.63, 3.8) is 0 Å². The Bertz CT molecular complexity index is 1320. The summed E-state index contributed by atoms with van der Waals surface area (Å²) >= 11 is 5.88. The molecule has 0 aromatic heterocycles. The van der Waals surface area contributed by atoms with Crippen LogP contribution in [-0.2, 0) is 14.6 Å². The van der Waals surface area contributed by atoms with Gasteiger partial charge in [-0.05, 0) is 60.4 Å². The number of benzene rings is 3. The molecule has 1 saturated carbocycles. The van der Waals surface area contributed by atoms with E-state index in [0.29, 0.717) is 34.3 Å². The van der Waals surface area contributed by atoms with E-state index in [4.69, 9.17) is 11.6 Å². The predicted molar refractivity (Wildman–Crippen MR) is 138 cm³/mol. The topological polar surface area (TPSA) is 104 Å². The van der Waals surface area contributed by atoms with E-state index in [1.54, 1.807) is 72.8 Å². The van der Waals surface area contributed by atoms with Gasteiger partial charge in [-0.15, -0.1) is 0 Å². The van der Waals surface area contributed by atoms with Crippen LogP contribution in [0.1, 0.15) is 19.3 Å². The van der Waals surface area contributed by atoms with E-state index < -0.39 is 21.9 Å². The molecule has 1 aliphatic carbocycles. The molecule has 0 aliphatic heterocycles. The predicted octanol–water partition coefficient (Wildman–Crippen LogP) is 5.34. The summed E-state index contributed by atoms with van der Waals surface area (Å²) in [5.74, 6) is 0.101. The number of nitrogens with one attached hydrogen (secondary N) is 3. The Morgan fingerprint density at radius 3 is 2.14 bits per heavy atom. The number of urea groups is 1. The molecule has 35 heavy (non-hydrogen) atoms. The minimum atomic E-state index is -3.39. The highest BCUT2D eigenvalue weighted by Gasteiger charge is 2.30. The second kappa shape index (κ2) is 10.5. The SMILES string of the molecule is CS(=O)(=O)c1ccccc1-c1ccc(NC(=O)[C@@H](CC2CC2)NC(=O)Nc2ccc(Cl)cc2)cc1. The number of sulfone groups is 1. The number of hydrogen-bond donors (Lipinski definition) is 3. The molecule has 0 saturated heterocycles. The second-order valence-electron chi connectivity index (χ2n) is 8.67. The molecule has 0 heterocycles. The summed E-state index contributed by atoms with van der Waals surface area (Å²) in [6.07, 6.45) is 3.81. The Hall–Kier alpha value is -3.36. The maximum absolute atomic E-state index is 13.0. The fourth-order valence-corrected chi connectivity index (χ4v) is 4.81. The summed E-state index contributed by atoms with van der Waals surface area (Å²) in [6, 6.07) is 19.3. The number of anilines is 2. The standard InChI is InChI=1S/C26H26ClN3O4S/c1-35(33,34)24-5-3-2-4-22(24)18-8-12-20(13-9-18)28-25(31)23(16-17-6-7-17)30-26(32)29-21-14-10-19(27)11-15-21/h2-5,8-15,17,23H,6-7,16H2,1H3,(H,28,31)(H2,29,30,32)/t23-/m1/s1. The molecule has 7 nitrogen and oxygen atoms in total. The number of halogens is 1. The fourth-order valence-electron chi connectivity index (χ4n) is 3.77. The third kappa shape index (κ3) is 6.83. The van der Waals surface area contributed by atoms with E-state index >= 15 is 0 Å². The van der Waals surface area contributed by atoms with Crippen LogP contribution in [0.2, 0.25) is 5.02 Å². The van der Waals surface area contributed by atoms with E-state index in [0.717, 1.165) is 18.4 Å². The van der Waals surface area contributed by atoms with Crippen molar-refractivity contribution < 1.29 is 18.0 Å². The van der Waals surface area contributed by atoms with Crippen LogP contribution in [-0.4, -0.2) is 32.7 Å². The number of hydrogen-bond acceptors (Lipinski definition) is 4. The van der Waals surface area contributed by atoms with Gasteiger partial charge in [0.25, 0.3) is 0 Å². The molecule has 0 unspecified atom stereocenters. The average molecular weight is 512 g/mol. The quantitative estimate of drug-likeness (QED) is 0.379. The molecule has 1 fully saturated rings. The van der Waals surface area contributed by atoms with Gasteiger partial charge in [-0.25, -0.2) is 13.2 Å². The van der Waals surface area contributed by atoms with Gasteiger partial charge in [-0.3, -0.25) is 4.79 Å². The summed E-state index contributed by atoms with van der Waals surface area (Å²) < 4.78 is 24.2. The van der Waals surface area contributed by atoms with Crippen LogP contribution in [0, 0.1) is 5.92 Å². The lowest BCUT2D eigenvalue weighted by atomic mass is 10.1. The maximum Gasteiger partial charge on any atom is 0.319 e. The van der Waals surface area contributed by atoms with Gasteiger partial charge in [-0.1, -0.05) is 54.8 Å². The lowest BCUT2D eigenvalue weighted by Crippen LogP contribution is -2.45. The number of amides is 3. The summed E-state index contributed by atoms with van der Waals surface area (Å²) in [5, 5.41) is 8.91. The lowest BCUT2D eigenvalue weighted by Gasteiger charge is -2.19. The molecule has 182 valence electrons. The van der Waals surface area contributed by atoms with Crippen molar-refractivity contribution in [1.82, 2.24) is 5.32 Å². The van der Waals surface area contributed by atoms with Gasteiger partial charge in [0.05, 0.1) is 4.90 Å². The maximum atomic E-state index is 13.0. The first-order chi connectivity index (χ1) is 16.7. The smallest absolute Gasteiger partial charge is 0.319 e. The Labute approximate surface area is 209 Å². The van der Waals surface area contributed by atoms with Crippen LogP contribution in [0.25, 0.3) is 11.1 Å². The first-order valence-electron chi connectivity index (χ1n) is 11.2. The van der Waals surface area contributed by atoms with Crippen LogP contribution in [0.3, 0.4) is 0 Å². The minimum absolute atomic E-state index is 0.247. The van der Waals surface area contributed by atoms with E-state index in [1.165, 1.54) is 6.26 Å². The number of carbonyl (C=O) groups is 2. The summed E-state index contributed by atoms with van der Waals surface area (Å²) in [7, 11) is -3.39. The highest BCUT2D eigenvalue weighted by molar-refractivity contribution is 7.90. The van der Waals surface area contributed by atoms with Crippen LogP contribution in [0.4, 0.5) is 16.2 Å². The van der Waals surface area contributed by atoms with Crippen molar-refractivity contribution in [3.8, 4) is 11.1 Å². The number of rotatable bonds is 8. The van der Waals surface area contributed by atoms with Crippen LogP contribution >= 0.6 is 11.6 Å². The third-order valence-electron chi connectivity index (χ3n) is 5.74. The number of carbonyl (C=O) groups excluding carboxylic acids is 2. The normalized spacial score (nSPS) is 14.1. The van der Waals surface area contributed by atoms with Crippen LogP contribution in [0.5, 0.6) is 0 Å². The molecule has 3 aromatic rings. The first-order valence-corrected chi connectivity index (χ1v) is 13.5. The zero-order valence-electron chi connectivity index (χ0n) is 19.1. The van der Waals surface area contributed by atoms with E-state index in [1.807, 2.05) is 0 Å². The monoisotopic (exact) mass is 511 g/mol. The van der Waals surface area contributed by atoms with Crippen LogP contribution in [0.15, 0.2) is 77.7 Å². The van der Waals surface area contributed by atoms with Crippen LogP contribution < -0.4 is 16.0 Å². The van der Waals surface area contributed by atoms with Crippen molar-refractivity contribution in [2.24, 2.45) is 5.92 Å². The van der Waals surface area contributed by atoms with E-state index in [9.17, 15) is 18.0 Å². The molecule has 4 rings (SSSR count). The third-order valence-corrected chi connectivity index (χ3v) is 7.15. The van der Waals surface area contributed by atoms with Crippen molar-refractivity contribution in [2.75, 3.05) is 16.9 Å². The molecule has 1 aliphatic rings. The summed E-state index contributed by atoms with van der Waals surface area (Å²) in [4.78, 5) is 25.7. The van der Waals surface area contributed by atoms with Gasteiger partial charge in [-0.2, -0.15) is 0 Å². The second-order valence-corrected chi connectivity index (χ2v) is 11.1. The van der Waals surface area contributed by atoms with Crippen molar-refractivity contribution in [3.05, 3.63) is 77.8 Å². The van der Waals surface area contributed by atoms with Gasteiger partial charge in [0, 0.05) is 28.2 Å². The fraction of sp³-hybridized carbons (Fsp3) is 0.231. The minimum Gasteiger partial charge on any atom is -0.326 e. The molecular weight excluding hydrogens is 486 g/mol. The highest BCUT2D eigenvalue weighted by atomic mass is 35.5. The Kier molecular flexibility index (Phi) is 7.42. The van der Waals surface area contributed by atoms with Gasteiger partial charge < -0.3 is 16.0 Å². The first kappa shape index (κ1) is 24.8. The molecule has 0 radical (unpaired) electrons. The molecular formula is C26H26ClN3O4S. The Balaban J connectivity index is 1.43. The van der Waals surface area contributed by atoms with Gasteiger partial charge in [0.2, 0.25) is 5.91 Å². The van der Waals surface area contributed by atoms with Gasteiger partial charge in [0.15, 0.2) is 9.84 Å². The molecule has 0 spiro atoms. The largest absolute Gasteiger partial charge is 0.326 e. The van der Waals surface area contributed by atoms with Gasteiger partial charge >= 0.3 is 6.03 Å². The Morgan fingerprint density at radius 1 is 0.914 bits per heavy atom. The molecule has 9 heteroatoms. The van der Waals surface area contributed by atoms with Crippen molar-refractivity contribution in [1.29, 1.82) is 0 Å². The molecule has 3 N–H and O–H groups in total. The van der Waals surface area contributed by atoms with Crippen molar-refractivity contribution in [2.45, 2.75) is 30.2 Å². The molecule has 1 atom stereocenters. The molecule has 3 aromatic carbocycles. The zero-order chi connectivity index (χ0) is 25.0. The lowest BCUT2D eigenvalue weighted by molar-refractivity contribution is -0.118. The average Bonchev–Trinajstić information content (AvgIpc) is 3.64. The summed E-state index contributed by atoms with van der Waals surface area (Å²) in [5.41, 5.74) is 2.44.